The van der Waals surface area contributed by atoms with Crippen LogP contribution in [0.5, 0.6) is 0 Å². The van der Waals surface area contributed by atoms with Gasteiger partial charge in [-0.25, -0.2) is 4.98 Å². The van der Waals surface area contributed by atoms with E-state index in [0.29, 0.717) is 21.6 Å². The van der Waals surface area contributed by atoms with Crippen molar-refractivity contribution < 1.29 is 18.0 Å². The Hall–Kier alpha value is -2.48. The third kappa shape index (κ3) is 3.21. The van der Waals surface area contributed by atoms with E-state index in [-0.39, 0.29) is 5.65 Å². The normalized spacial score (nSPS) is 11.7. The fourth-order valence-electron chi connectivity index (χ4n) is 2.70. The summed E-state index contributed by atoms with van der Waals surface area (Å²) in [7, 11) is 1.73. The van der Waals surface area contributed by atoms with E-state index in [2.05, 4.69) is 10.3 Å². The molecule has 2 heterocycles. The van der Waals surface area contributed by atoms with Crippen molar-refractivity contribution in [2.24, 2.45) is 0 Å². The van der Waals surface area contributed by atoms with Crippen molar-refractivity contribution in [1.82, 2.24) is 9.55 Å². The number of anilines is 1. The molecule has 0 aliphatic carbocycles. The highest BCUT2D eigenvalue weighted by Crippen LogP contribution is 2.33. The second kappa shape index (κ2) is 6.44. The minimum Gasteiger partial charge on any atom is -0.387 e. The summed E-state index contributed by atoms with van der Waals surface area (Å²) in [6.45, 7) is 1.80. The van der Waals surface area contributed by atoms with Crippen molar-refractivity contribution in [3.63, 3.8) is 0 Å². The summed E-state index contributed by atoms with van der Waals surface area (Å²) in [6.07, 6.45) is -4.51. The van der Waals surface area contributed by atoms with E-state index in [4.69, 9.17) is 0 Å². The summed E-state index contributed by atoms with van der Waals surface area (Å²) in [5.74, 6) is 0. The van der Waals surface area contributed by atoms with Gasteiger partial charge in [0.25, 0.3) is 0 Å². The number of aryl methyl sites for hydroxylation is 1. The molecular weight excluding hydrogens is 351 g/mol. The smallest absolute Gasteiger partial charge is 0.387 e. The van der Waals surface area contributed by atoms with Crippen LogP contribution in [0.1, 0.15) is 11.4 Å². The van der Waals surface area contributed by atoms with Gasteiger partial charge in [-0.2, -0.15) is 13.2 Å². The molecule has 8 heteroatoms. The lowest BCUT2D eigenvalue weighted by Gasteiger charge is -2.13. The van der Waals surface area contributed by atoms with Crippen molar-refractivity contribution in [3.8, 4) is 5.69 Å². The number of benzene rings is 1. The Kier molecular flexibility index (Phi) is 4.47. The van der Waals surface area contributed by atoms with E-state index in [1.165, 1.54) is 6.07 Å². The van der Waals surface area contributed by atoms with Crippen LogP contribution in [0.2, 0.25) is 0 Å². The molecule has 130 valence electrons. The fourth-order valence-corrected chi connectivity index (χ4v) is 3.29. The van der Waals surface area contributed by atoms with Gasteiger partial charge >= 0.3 is 6.18 Å². The average molecular weight is 365 g/mol. The van der Waals surface area contributed by atoms with Crippen molar-refractivity contribution in [2.45, 2.75) is 18.0 Å². The van der Waals surface area contributed by atoms with Crippen molar-refractivity contribution in [1.29, 1.82) is 0 Å². The molecule has 0 aliphatic heterocycles. The molecule has 0 saturated carbocycles. The molecule has 0 spiro atoms. The van der Waals surface area contributed by atoms with Crippen LogP contribution in [0.4, 0.5) is 18.9 Å². The van der Waals surface area contributed by atoms with Gasteiger partial charge in [0.1, 0.15) is 11.3 Å². The molecule has 1 aromatic carbocycles. The largest absolute Gasteiger partial charge is 0.433 e. The van der Waals surface area contributed by atoms with E-state index in [9.17, 15) is 18.0 Å². The summed E-state index contributed by atoms with van der Waals surface area (Å²) in [6, 6.07) is 9.47. The van der Waals surface area contributed by atoms with E-state index >= 15 is 0 Å². The third-order valence-electron chi connectivity index (χ3n) is 3.79. The molecule has 0 saturated heterocycles. The molecule has 0 bridgehead atoms. The van der Waals surface area contributed by atoms with Crippen LogP contribution in [0, 0.1) is 6.92 Å². The van der Waals surface area contributed by atoms with E-state index in [0.717, 1.165) is 29.2 Å². The summed E-state index contributed by atoms with van der Waals surface area (Å²) >= 11 is 1.000. The number of rotatable bonds is 4. The number of hydrogen-bond donors (Lipinski definition) is 1. The SMILES string of the molecule is CNc1ccc(-n2c(C)cc3ccc(C(F)(F)F)nc32)cc1SC=O. The molecule has 3 aromatic rings. The Morgan fingerprint density at radius 3 is 2.60 bits per heavy atom. The lowest BCUT2D eigenvalue weighted by molar-refractivity contribution is -0.141. The molecule has 1 N–H and O–H groups in total. The molecule has 2 aromatic heterocycles. The highest BCUT2D eigenvalue weighted by Gasteiger charge is 2.33. The first-order valence-corrected chi connectivity index (χ1v) is 8.22. The molecule has 25 heavy (non-hydrogen) atoms. The molecule has 0 aliphatic rings. The standard InChI is InChI=1S/C17H14F3N3OS/c1-10-7-11-3-6-15(17(18,19)20)22-16(11)23(10)12-4-5-13(21-2)14(8-12)25-9-24/h3-9,21H,1-2H3. The number of carbonyl (C=O) groups excluding carboxylic acids is 1. The van der Waals surface area contributed by atoms with Crippen LogP contribution in [0.3, 0.4) is 0 Å². The lowest BCUT2D eigenvalue weighted by atomic mass is 10.2. The Bertz CT molecular complexity index is 950. The zero-order valence-electron chi connectivity index (χ0n) is 13.4. The molecule has 0 radical (unpaired) electrons. The lowest BCUT2D eigenvalue weighted by Crippen LogP contribution is -2.09. The van der Waals surface area contributed by atoms with Crippen LogP contribution >= 0.6 is 11.8 Å². The third-order valence-corrected chi connectivity index (χ3v) is 4.48. The molecule has 0 fully saturated rings. The number of fused-ring (bicyclic) bond motifs is 1. The molecular formula is C17H14F3N3OS. The predicted molar refractivity (Wildman–Crippen MR) is 93.0 cm³/mol. The Morgan fingerprint density at radius 2 is 1.96 bits per heavy atom. The van der Waals surface area contributed by atoms with Crippen LogP contribution in [0.15, 0.2) is 41.3 Å². The van der Waals surface area contributed by atoms with Crippen LogP contribution in [-0.4, -0.2) is 22.2 Å². The molecule has 0 atom stereocenters. The molecule has 0 unspecified atom stereocenters. The highest BCUT2D eigenvalue weighted by atomic mass is 32.2. The summed E-state index contributed by atoms with van der Waals surface area (Å²) in [5, 5.41) is 3.60. The van der Waals surface area contributed by atoms with Crippen molar-refractivity contribution in [2.75, 3.05) is 12.4 Å². The first kappa shape index (κ1) is 17.3. The van der Waals surface area contributed by atoms with Crippen molar-refractivity contribution >= 4 is 34.1 Å². The summed E-state index contributed by atoms with van der Waals surface area (Å²) in [4.78, 5) is 15.4. The number of hydrogen-bond acceptors (Lipinski definition) is 4. The number of pyridine rings is 1. The van der Waals surface area contributed by atoms with Gasteiger partial charge < -0.3 is 5.32 Å². The maximum absolute atomic E-state index is 13.0. The molecule has 4 nitrogen and oxygen atoms in total. The van der Waals surface area contributed by atoms with Gasteiger partial charge in [0.15, 0.2) is 5.62 Å². The number of carbonyl (C=O) groups is 1. The maximum Gasteiger partial charge on any atom is 0.433 e. The van der Waals surface area contributed by atoms with Gasteiger partial charge in [-0.1, -0.05) is 11.8 Å². The van der Waals surface area contributed by atoms with Gasteiger partial charge in [-0.3, -0.25) is 9.36 Å². The van der Waals surface area contributed by atoms with E-state index in [1.807, 2.05) is 0 Å². The van der Waals surface area contributed by atoms with Gasteiger partial charge in [0.2, 0.25) is 0 Å². The van der Waals surface area contributed by atoms with E-state index in [1.54, 1.807) is 42.8 Å². The van der Waals surface area contributed by atoms with Crippen LogP contribution in [0.25, 0.3) is 16.7 Å². The van der Waals surface area contributed by atoms with Gasteiger partial charge in [0, 0.05) is 34.4 Å². The molecule has 3 rings (SSSR count). The quantitative estimate of drug-likeness (QED) is 0.539. The first-order chi connectivity index (χ1) is 11.8. The zero-order valence-corrected chi connectivity index (χ0v) is 14.2. The van der Waals surface area contributed by atoms with Crippen molar-refractivity contribution in [3.05, 3.63) is 47.8 Å². The second-order valence-electron chi connectivity index (χ2n) is 5.37. The topological polar surface area (TPSA) is 46.9 Å². The predicted octanol–water partition coefficient (Wildman–Crippen LogP) is 4.68. The van der Waals surface area contributed by atoms with E-state index < -0.39 is 11.9 Å². The Labute approximate surface area is 146 Å². The summed E-state index contributed by atoms with van der Waals surface area (Å²) < 4.78 is 40.6. The first-order valence-electron chi connectivity index (χ1n) is 7.34. The number of alkyl halides is 3. The fraction of sp³-hybridized carbons (Fsp3) is 0.176. The maximum atomic E-state index is 13.0. The number of nitrogens with one attached hydrogen (secondary N) is 1. The molecule has 0 amide bonds. The van der Waals surface area contributed by atoms with Gasteiger partial charge in [0.05, 0.1) is 0 Å². The van der Waals surface area contributed by atoms with Gasteiger partial charge in [-0.05, 0) is 43.3 Å². The van der Waals surface area contributed by atoms with Crippen LogP contribution < -0.4 is 5.32 Å². The monoisotopic (exact) mass is 365 g/mol. The number of halogens is 3. The minimum absolute atomic E-state index is 0.228. The summed E-state index contributed by atoms with van der Waals surface area (Å²) in [5.41, 5.74) is 2.16. The Morgan fingerprint density at radius 1 is 1.20 bits per heavy atom. The average Bonchev–Trinajstić information content (AvgIpc) is 2.89. The minimum atomic E-state index is -4.51. The Balaban J connectivity index is 2.22. The highest BCUT2D eigenvalue weighted by molar-refractivity contribution is 8.12. The van der Waals surface area contributed by atoms with Gasteiger partial charge in [-0.15, -0.1) is 0 Å². The number of thioether (sulfide) groups is 1. The zero-order chi connectivity index (χ0) is 18.2. The van der Waals surface area contributed by atoms with Crippen LogP contribution in [-0.2, 0) is 11.0 Å². The second-order valence-corrected chi connectivity index (χ2v) is 6.24. The number of aromatic nitrogens is 2. The number of nitrogens with zero attached hydrogens (tertiary/aromatic N) is 2.